The zero-order chi connectivity index (χ0) is 15.4. The zero-order valence-electron chi connectivity index (χ0n) is 13.5. The van der Waals surface area contributed by atoms with E-state index >= 15 is 0 Å². The first-order valence-electron chi connectivity index (χ1n) is 7.68. The first-order valence-corrected chi connectivity index (χ1v) is 8.50. The summed E-state index contributed by atoms with van der Waals surface area (Å²) < 4.78 is 2.26. The summed E-state index contributed by atoms with van der Waals surface area (Å²) in [4.78, 5) is 6.11. The van der Waals surface area contributed by atoms with Crippen molar-refractivity contribution >= 4 is 11.3 Å². The Morgan fingerprint density at radius 2 is 2.14 bits per heavy atom. The lowest BCUT2D eigenvalue weighted by Crippen LogP contribution is -2.26. The van der Waals surface area contributed by atoms with Gasteiger partial charge < -0.3 is 5.11 Å². The van der Waals surface area contributed by atoms with E-state index in [-0.39, 0.29) is 11.5 Å². The van der Waals surface area contributed by atoms with Crippen molar-refractivity contribution in [3.63, 3.8) is 0 Å². The van der Waals surface area contributed by atoms with Crippen LogP contribution in [0.25, 0.3) is 5.13 Å². The van der Waals surface area contributed by atoms with Gasteiger partial charge in [0.2, 0.25) is 0 Å². The molecule has 2 heterocycles. The van der Waals surface area contributed by atoms with Crippen molar-refractivity contribution in [3.05, 3.63) is 33.6 Å². The maximum Gasteiger partial charge on any atom is 0.194 e. The molecule has 1 aliphatic carbocycles. The fourth-order valence-electron chi connectivity index (χ4n) is 3.45. The Bertz CT molecular complexity index is 681. The molecule has 2 aromatic rings. The molecule has 3 nitrogen and oxygen atoms in total. The lowest BCUT2D eigenvalue weighted by molar-refractivity contribution is 0.0987. The number of aliphatic hydroxyl groups excluding tert-OH is 1. The number of hydrogen-bond donors (Lipinski definition) is 1. The number of aromatic nitrogens is 2. The summed E-state index contributed by atoms with van der Waals surface area (Å²) in [7, 11) is 0. The van der Waals surface area contributed by atoms with Crippen molar-refractivity contribution in [1.29, 1.82) is 0 Å². The van der Waals surface area contributed by atoms with E-state index in [2.05, 4.69) is 45.3 Å². The van der Waals surface area contributed by atoms with Crippen LogP contribution in [0.2, 0.25) is 0 Å². The molecule has 1 N–H and O–H groups in total. The lowest BCUT2D eigenvalue weighted by Gasteiger charge is -2.33. The molecule has 0 spiro atoms. The molecule has 114 valence electrons. The highest BCUT2D eigenvalue weighted by Gasteiger charge is 2.34. The summed E-state index contributed by atoms with van der Waals surface area (Å²) in [6.45, 7) is 10.9. The molecular weight excluding hydrogens is 280 g/mol. The summed E-state index contributed by atoms with van der Waals surface area (Å²) in [6, 6.07) is 2.14. The highest BCUT2D eigenvalue weighted by Crippen LogP contribution is 2.43. The Morgan fingerprint density at radius 3 is 2.76 bits per heavy atom. The Morgan fingerprint density at radius 1 is 1.43 bits per heavy atom. The molecule has 0 saturated heterocycles. The molecule has 0 amide bonds. The predicted octanol–water partition coefficient (Wildman–Crippen LogP) is 4.12. The maximum atomic E-state index is 10.5. The van der Waals surface area contributed by atoms with E-state index in [9.17, 15) is 5.11 Å². The second-order valence-electron chi connectivity index (χ2n) is 6.94. The monoisotopic (exact) mass is 304 g/mol. The van der Waals surface area contributed by atoms with E-state index in [4.69, 9.17) is 4.98 Å². The van der Waals surface area contributed by atoms with E-state index in [0.717, 1.165) is 30.0 Å². The molecule has 21 heavy (non-hydrogen) atoms. The average Bonchev–Trinajstić information content (AvgIpc) is 2.88. The number of fused-ring (bicyclic) bond motifs is 1. The Labute approximate surface area is 130 Å². The molecule has 0 fully saturated rings. The van der Waals surface area contributed by atoms with Gasteiger partial charge in [-0.1, -0.05) is 20.8 Å². The predicted molar refractivity (Wildman–Crippen MR) is 87.4 cm³/mol. The smallest absolute Gasteiger partial charge is 0.194 e. The van der Waals surface area contributed by atoms with Gasteiger partial charge in [-0.05, 0) is 44.6 Å². The van der Waals surface area contributed by atoms with Crippen LogP contribution in [0.4, 0.5) is 0 Å². The van der Waals surface area contributed by atoms with Gasteiger partial charge in [0.05, 0.1) is 11.8 Å². The van der Waals surface area contributed by atoms with Crippen LogP contribution >= 0.6 is 11.3 Å². The average molecular weight is 304 g/mol. The van der Waals surface area contributed by atoms with Crippen molar-refractivity contribution in [2.75, 3.05) is 0 Å². The molecule has 1 atom stereocenters. The maximum absolute atomic E-state index is 10.5. The number of nitrogens with zero attached hydrogens (tertiary/aromatic N) is 2. The Kier molecular flexibility index (Phi) is 3.49. The summed E-state index contributed by atoms with van der Waals surface area (Å²) in [5.74, 6) is 0. The quantitative estimate of drug-likeness (QED) is 0.906. The minimum atomic E-state index is -0.351. The van der Waals surface area contributed by atoms with Gasteiger partial charge in [-0.3, -0.25) is 4.57 Å². The van der Waals surface area contributed by atoms with Gasteiger partial charge in [-0.2, -0.15) is 0 Å². The largest absolute Gasteiger partial charge is 0.388 e. The number of aliphatic hydroxyl groups is 1. The van der Waals surface area contributed by atoms with Gasteiger partial charge in [0.25, 0.3) is 0 Å². The van der Waals surface area contributed by atoms with Crippen molar-refractivity contribution in [1.82, 2.24) is 9.55 Å². The van der Waals surface area contributed by atoms with Crippen LogP contribution in [0.3, 0.4) is 0 Å². The van der Waals surface area contributed by atoms with E-state index < -0.39 is 0 Å². The molecule has 3 rings (SSSR count). The van der Waals surface area contributed by atoms with Crippen LogP contribution in [0, 0.1) is 19.3 Å². The van der Waals surface area contributed by atoms with Crippen LogP contribution in [0.15, 0.2) is 6.07 Å². The first kappa shape index (κ1) is 14.8. The van der Waals surface area contributed by atoms with Crippen LogP contribution in [0.5, 0.6) is 0 Å². The van der Waals surface area contributed by atoms with Gasteiger partial charge in [-0.25, -0.2) is 4.98 Å². The fraction of sp³-hybridized carbons (Fsp3) is 0.588. The standard InChI is InChI=1S/C17H24N2OS/c1-6-13-11(3)21-16(18-13)19-10(2)7-12-14(19)8-17(4,5)9-15(12)20/h7,15,20H,6,8-9H2,1-5H3. The highest BCUT2D eigenvalue weighted by molar-refractivity contribution is 7.14. The topological polar surface area (TPSA) is 38.0 Å². The van der Waals surface area contributed by atoms with Gasteiger partial charge in [-0.15, -0.1) is 11.3 Å². The second kappa shape index (κ2) is 4.96. The summed E-state index contributed by atoms with van der Waals surface area (Å²) >= 11 is 1.76. The van der Waals surface area contributed by atoms with Crippen LogP contribution in [-0.4, -0.2) is 14.7 Å². The Balaban J connectivity index is 2.16. The summed E-state index contributed by atoms with van der Waals surface area (Å²) in [6.07, 6.45) is 2.45. The lowest BCUT2D eigenvalue weighted by atomic mass is 9.75. The van der Waals surface area contributed by atoms with Crippen molar-refractivity contribution in [3.8, 4) is 5.13 Å². The minimum Gasteiger partial charge on any atom is -0.388 e. The van der Waals surface area contributed by atoms with Crippen molar-refractivity contribution < 1.29 is 5.11 Å². The molecule has 4 heteroatoms. The number of aryl methyl sites for hydroxylation is 3. The molecule has 0 aliphatic heterocycles. The summed E-state index contributed by atoms with van der Waals surface area (Å²) in [5, 5.41) is 11.5. The molecular formula is C17H24N2OS. The van der Waals surface area contributed by atoms with Crippen molar-refractivity contribution in [2.24, 2.45) is 5.41 Å². The molecule has 0 radical (unpaired) electrons. The van der Waals surface area contributed by atoms with E-state index in [1.54, 1.807) is 11.3 Å². The third kappa shape index (κ3) is 2.44. The molecule has 0 saturated carbocycles. The van der Waals surface area contributed by atoms with Crippen LogP contribution in [0.1, 0.15) is 60.8 Å². The van der Waals surface area contributed by atoms with E-state index in [0.29, 0.717) is 0 Å². The zero-order valence-corrected chi connectivity index (χ0v) is 14.3. The van der Waals surface area contributed by atoms with Gasteiger partial charge in [0.15, 0.2) is 5.13 Å². The number of rotatable bonds is 2. The molecule has 1 unspecified atom stereocenters. The van der Waals surface area contributed by atoms with Crippen molar-refractivity contribution in [2.45, 2.75) is 60.0 Å². The fourth-order valence-corrected chi connectivity index (χ4v) is 4.53. The SMILES string of the molecule is CCc1nc(-n2c(C)cc3c2CC(C)(C)CC3O)sc1C. The Hall–Kier alpha value is -1.13. The molecule has 2 aromatic heterocycles. The third-order valence-electron chi connectivity index (χ3n) is 4.48. The molecule has 0 aromatic carbocycles. The third-order valence-corrected chi connectivity index (χ3v) is 5.48. The molecule has 1 aliphatic rings. The van der Waals surface area contributed by atoms with Crippen LogP contribution < -0.4 is 0 Å². The normalized spacial score (nSPS) is 20.6. The van der Waals surface area contributed by atoms with E-state index in [1.807, 2.05) is 0 Å². The van der Waals surface area contributed by atoms with E-state index in [1.165, 1.54) is 22.0 Å². The first-order chi connectivity index (χ1) is 9.82. The highest BCUT2D eigenvalue weighted by atomic mass is 32.1. The van der Waals surface area contributed by atoms with Gasteiger partial charge >= 0.3 is 0 Å². The number of thiazole rings is 1. The summed E-state index contributed by atoms with van der Waals surface area (Å²) in [5.41, 5.74) is 4.83. The number of hydrogen-bond acceptors (Lipinski definition) is 3. The van der Waals surface area contributed by atoms with Gasteiger partial charge in [0.1, 0.15) is 0 Å². The van der Waals surface area contributed by atoms with Gasteiger partial charge in [0, 0.05) is 21.8 Å². The minimum absolute atomic E-state index is 0.134. The second-order valence-corrected chi connectivity index (χ2v) is 8.12. The molecule has 0 bridgehead atoms. The van der Waals surface area contributed by atoms with Crippen LogP contribution in [-0.2, 0) is 12.8 Å².